The summed E-state index contributed by atoms with van der Waals surface area (Å²) in [6.07, 6.45) is 9.49. The van der Waals surface area contributed by atoms with Crippen LogP contribution in [0.4, 0.5) is 0 Å². The molecule has 1 heterocycles. The lowest BCUT2D eigenvalue weighted by atomic mass is 9.91. The van der Waals surface area contributed by atoms with Crippen molar-refractivity contribution in [3.63, 3.8) is 0 Å². The number of hydrogen-bond donors (Lipinski definition) is 1. The molecule has 1 rings (SSSR count). The summed E-state index contributed by atoms with van der Waals surface area (Å²) in [7, 11) is 0. The van der Waals surface area contributed by atoms with Crippen LogP contribution in [0.2, 0.25) is 0 Å². The second kappa shape index (κ2) is 3.27. The molecule has 0 aliphatic carbocycles. The highest BCUT2D eigenvalue weighted by Crippen LogP contribution is 2.23. The SMILES string of the molecule is CC(C)(C#N)C1=CC=CC=CN1. The molecule has 12 heavy (non-hydrogen) atoms. The molecule has 1 N–H and O–H groups in total. The van der Waals surface area contributed by atoms with E-state index in [1.165, 1.54) is 0 Å². The van der Waals surface area contributed by atoms with E-state index < -0.39 is 5.41 Å². The van der Waals surface area contributed by atoms with Crippen molar-refractivity contribution in [2.24, 2.45) is 5.41 Å². The molecular formula is C10H12N2. The minimum absolute atomic E-state index is 0.445. The first kappa shape index (κ1) is 8.61. The molecule has 2 nitrogen and oxygen atoms in total. The zero-order valence-electron chi connectivity index (χ0n) is 7.33. The van der Waals surface area contributed by atoms with Gasteiger partial charge in [0.25, 0.3) is 0 Å². The summed E-state index contributed by atoms with van der Waals surface area (Å²) in [5, 5.41) is 11.9. The molecule has 62 valence electrons. The Morgan fingerprint density at radius 1 is 1.33 bits per heavy atom. The first-order chi connectivity index (χ1) is 5.67. The van der Waals surface area contributed by atoms with Gasteiger partial charge in [-0.15, -0.1) is 0 Å². The van der Waals surface area contributed by atoms with Crippen LogP contribution in [0.1, 0.15) is 13.8 Å². The molecule has 0 fully saturated rings. The molecule has 0 saturated heterocycles. The Balaban J connectivity index is 2.90. The Kier molecular flexibility index (Phi) is 2.35. The first-order valence-electron chi connectivity index (χ1n) is 3.88. The van der Waals surface area contributed by atoms with E-state index in [0.717, 1.165) is 5.70 Å². The van der Waals surface area contributed by atoms with Gasteiger partial charge in [-0.05, 0) is 26.0 Å². The van der Waals surface area contributed by atoms with E-state index in [0.29, 0.717) is 0 Å². The van der Waals surface area contributed by atoms with Gasteiger partial charge in [0.15, 0.2) is 0 Å². The summed E-state index contributed by atoms with van der Waals surface area (Å²) < 4.78 is 0. The maximum atomic E-state index is 8.86. The van der Waals surface area contributed by atoms with Crippen LogP contribution < -0.4 is 5.32 Å². The van der Waals surface area contributed by atoms with Crippen LogP contribution in [0.15, 0.2) is 36.2 Å². The molecule has 0 radical (unpaired) electrons. The minimum Gasteiger partial charge on any atom is -0.364 e. The lowest BCUT2D eigenvalue weighted by Gasteiger charge is -2.18. The molecule has 0 saturated carbocycles. The quantitative estimate of drug-likeness (QED) is 0.637. The monoisotopic (exact) mass is 160 g/mol. The molecule has 0 amide bonds. The number of nitrogens with zero attached hydrogens (tertiary/aromatic N) is 1. The van der Waals surface area contributed by atoms with Gasteiger partial charge in [0.1, 0.15) is 0 Å². The van der Waals surface area contributed by atoms with Gasteiger partial charge in [-0.1, -0.05) is 12.2 Å². The summed E-state index contributed by atoms with van der Waals surface area (Å²) in [6, 6.07) is 2.24. The van der Waals surface area contributed by atoms with Crippen molar-refractivity contribution >= 4 is 0 Å². The summed E-state index contributed by atoms with van der Waals surface area (Å²) in [4.78, 5) is 0. The zero-order valence-corrected chi connectivity index (χ0v) is 7.33. The van der Waals surface area contributed by atoms with Crippen molar-refractivity contribution in [2.45, 2.75) is 13.8 Å². The molecule has 0 aromatic heterocycles. The number of allylic oxidation sites excluding steroid dienone is 5. The Morgan fingerprint density at radius 3 is 2.75 bits per heavy atom. The molecule has 0 aromatic rings. The molecule has 0 spiro atoms. The summed E-state index contributed by atoms with van der Waals surface area (Å²) in [5.74, 6) is 0. The largest absolute Gasteiger partial charge is 0.364 e. The molecule has 0 atom stereocenters. The normalized spacial score (nSPS) is 15.9. The van der Waals surface area contributed by atoms with Gasteiger partial charge in [0, 0.05) is 11.9 Å². The fraction of sp³-hybridized carbons (Fsp3) is 0.300. The predicted molar refractivity (Wildman–Crippen MR) is 48.9 cm³/mol. The van der Waals surface area contributed by atoms with Gasteiger partial charge in [-0.3, -0.25) is 0 Å². The van der Waals surface area contributed by atoms with Crippen LogP contribution in [0, 0.1) is 16.7 Å². The van der Waals surface area contributed by atoms with Gasteiger partial charge in [-0.25, -0.2) is 0 Å². The lowest BCUT2D eigenvalue weighted by molar-refractivity contribution is 0.564. The van der Waals surface area contributed by atoms with E-state index in [1.54, 1.807) is 0 Å². The van der Waals surface area contributed by atoms with Crippen LogP contribution in [0.3, 0.4) is 0 Å². The zero-order chi connectivity index (χ0) is 9.03. The highest BCUT2D eigenvalue weighted by Gasteiger charge is 2.21. The molecular weight excluding hydrogens is 148 g/mol. The lowest BCUT2D eigenvalue weighted by Crippen LogP contribution is -2.21. The highest BCUT2D eigenvalue weighted by atomic mass is 14.9. The topological polar surface area (TPSA) is 35.8 Å². The number of nitrogens with one attached hydrogen (secondary N) is 1. The Bertz CT molecular complexity index is 287. The molecule has 1 aliphatic heterocycles. The van der Waals surface area contributed by atoms with Crippen molar-refractivity contribution in [2.75, 3.05) is 0 Å². The molecule has 2 heteroatoms. The first-order valence-corrected chi connectivity index (χ1v) is 3.88. The Labute approximate surface area is 72.9 Å². The van der Waals surface area contributed by atoms with E-state index in [4.69, 9.17) is 5.26 Å². The van der Waals surface area contributed by atoms with Crippen LogP contribution in [0.25, 0.3) is 0 Å². The number of nitriles is 1. The molecule has 0 bridgehead atoms. The maximum Gasteiger partial charge on any atom is 0.0915 e. The van der Waals surface area contributed by atoms with Crippen molar-refractivity contribution < 1.29 is 0 Å². The van der Waals surface area contributed by atoms with Gasteiger partial charge >= 0.3 is 0 Å². The second-order valence-electron chi connectivity index (χ2n) is 3.21. The van der Waals surface area contributed by atoms with Crippen molar-refractivity contribution in [3.8, 4) is 6.07 Å². The molecule has 1 aliphatic rings. The average Bonchev–Trinajstić information content (AvgIpc) is 2.32. The third kappa shape index (κ3) is 1.76. The Morgan fingerprint density at radius 2 is 2.08 bits per heavy atom. The standard InChI is InChI=1S/C10H12N2/c1-10(2,8-11)9-6-4-3-5-7-12-9/h3-7,12H,1-2H3. The van der Waals surface area contributed by atoms with E-state index in [1.807, 2.05) is 44.4 Å². The van der Waals surface area contributed by atoms with Crippen molar-refractivity contribution in [1.29, 1.82) is 5.26 Å². The molecule has 0 unspecified atom stereocenters. The van der Waals surface area contributed by atoms with Crippen molar-refractivity contribution in [3.05, 3.63) is 36.2 Å². The van der Waals surface area contributed by atoms with Crippen LogP contribution >= 0.6 is 0 Å². The highest BCUT2D eigenvalue weighted by molar-refractivity contribution is 5.28. The average molecular weight is 160 g/mol. The number of hydrogen-bond acceptors (Lipinski definition) is 2. The van der Waals surface area contributed by atoms with E-state index in [9.17, 15) is 0 Å². The third-order valence-electron chi connectivity index (χ3n) is 1.77. The maximum absolute atomic E-state index is 8.86. The summed E-state index contributed by atoms with van der Waals surface area (Å²) in [6.45, 7) is 3.78. The van der Waals surface area contributed by atoms with Crippen LogP contribution in [-0.4, -0.2) is 0 Å². The second-order valence-corrected chi connectivity index (χ2v) is 3.21. The van der Waals surface area contributed by atoms with Crippen LogP contribution in [0.5, 0.6) is 0 Å². The van der Waals surface area contributed by atoms with Gasteiger partial charge in [0.2, 0.25) is 0 Å². The van der Waals surface area contributed by atoms with Gasteiger partial charge < -0.3 is 5.32 Å². The molecule has 0 aromatic carbocycles. The van der Waals surface area contributed by atoms with E-state index in [-0.39, 0.29) is 0 Å². The van der Waals surface area contributed by atoms with Gasteiger partial charge in [-0.2, -0.15) is 5.26 Å². The minimum atomic E-state index is -0.445. The van der Waals surface area contributed by atoms with Gasteiger partial charge in [0.05, 0.1) is 11.5 Å². The fourth-order valence-electron chi connectivity index (χ4n) is 0.906. The summed E-state index contributed by atoms with van der Waals surface area (Å²) >= 11 is 0. The third-order valence-corrected chi connectivity index (χ3v) is 1.77. The fourth-order valence-corrected chi connectivity index (χ4v) is 0.906. The van der Waals surface area contributed by atoms with Crippen molar-refractivity contribution in [1.82, 2.24) is 5.32 Å². The predicted octanol–water partition coefficient (Wildman–Crippen LogP) is 2.09. The smallest absolute Gasteiger partial charge is 0.0915 e. The van der Waals surface area contributed by atoms with E-state index >= 15 is 0 Å². The van der Waals surface area contributed by atoms with E-state index in [2.05, 4.69) is 11.4 Å². The van der Waals surface area contributed by atoms with Crippen LogP contribution in [-0.2, 0) is 0 Å². The number of rotatable bonds is 1. The summed E-state index contributed by atoms with van der Waals surface area (Å²) in [5.41, 5.74) is 0.481. The Hall–Kier alpha value is -1.49.